The highest BCUT2D eigenvalue weighted by Gasteiger charge is 2.02. The van der Waals surface area contributed by atoms with Crippen molar-refractivity contribution in [1.29, 1.82) is 0 Å². The number of phenols is 1. The highest BCUT2D eigenvalue weighted by Crippen LogP contribution is 2.23. The molecule has 0 saturated carbocycles. The van der Waals surface area contributed by atoms with Crippen LogP contribution in [0.15, 0.2) is 30.5 Å². The van der Waals surface area contributed by atoms with Crippen LogP contribution in [0.1, 0.15) is 11.3 Å². The van der Waals surface area contributed by atoms with Gasteiger partial charge in [0.05, 0.1) is 7.11 Å². The van der Waals surface area contributed by atoms with Gasteiger partial charge >= 0.3 is 0 Å². The van der Waals surface area contributed by atoms with E-state index in [9.17, 15) is 5.11 Å². The summed E-state index contributed by atoms with van der Waals surface area (Å²) in [6.07, 6.45) is 1.71. The van der Waals surface area contributed by atoms with Gasteiger partial charge in [-0.3, -0.25) is 5.10 Å². The van der Waals surface area contributed by atoms with Crippen molar-refractivity contribution in [3.63, 3.8) is 0 Å². The number of aromatic hydroxyl groups is 1. The summed E-state index contributed by atoms with van der Waals surface area (Å²) in [7, 11) is 1.57. The SMILES string of the molecule is COc1ccc(CNCc2ccn[nH]2)c(O)c1. The summed E-state index contributed by atoms with van der Waals surface area (Å²) in [5, 5.41) is 19.7. The lowest BCUT2D eigenvalue weighted by atomic mass is 10.2. The number of phenolic OH excluding ortho intramolecular Hbond substituents is 1. The Labute approximate surface area is 99.4 Å². The van der Waals surface area contributed by atoms with Crippen LogP contribution >= 0.6 is 0 Å². The van der Waals surface area contributed by atoms with Crippen molar-refractivity contribution in [2.24, 2.45) is 0 Å². The first-order chi connectivity index (χ1) is 8.29. The minimum atomic E-state index is 0.237. The zero-order valence-corrected chi connectivity index (χ0v) is 9.60. The van der Waals surface area contributed by atoms with Crippen molar-refractivity contribution >= 4 is 0 Å². The molecule has 0 bridgehead atoms. The molecular formula is C12H15N3O2. The largest absolute Gasteiger partial charge is 0.507 e. The molecule has 3 N–H and O–H groups in total. The van der Waals surface area contributed by atoms with Crippen LogP contribution in [0.4, 0.5) is 0 Å². The van der Waals surface area contributed by atoms with Crippen LogP contribution in [-0.4, -0.2) is 22.4 Å². The summed E-state index contributed by atoms with van der Waals surface area (Å²) in [5.74, 6) is 0.890. The van der Waals surface area contributed by atoms with Gasteiger partial charge in [0.25, 0.3) is 0 Å². The topological polar surface area (TPSA) is 70.2 Å². The summed E-state index contributed by atoms with van der Waals surface area (Å²) in [6.45, 7) is 1.28. The number of benzene rings is 1. The highest BCUT2D eigenvalue weighted by molar-refractivity contribution is 5.39. The normalized spacial score (nSPS) is 10.4. The molecule has 2 aromatic rings. The van der Waals surface area contributed by atoms with Crippen LogP contribution in [-0.2, 0) is 13.1 Å². The fraction of sp³-hybridized carbons (Fsp3) is 0.250. The van der Waals surface area contributed by atoms with Crippen LogP contribution in [0.5, 0.6) is 11.5 Å². The summed E-state index contributed by atoms with van der Waals surface area (Å²) in [5.41, 5.74) is 1.85. The van der Waals surface area contributed by atoms with Crippen molar-refractivity contribution in [2.75, 3.05) is 7.11 Å². The second kappa shape index (κ2) is 5.36. The number of H-pyrrole nitrogens is 1. The molecule has 1 heterocycles. The lowest BCUT2D eigenvalue weighted by Gasteiger charge is -2.07. The molecule has 0 unspecified atom stereocenters. The molecule has 0 amide bonds. The molecule has 5 nitrogen and oxygen atoms in total. The standard InChI is InChI=1S/C12H15N3O2/c1-17-11-3-2-9(12(16)6-11)7-13-8-10-4-5-14-15-10/h2-6,13,16H,7-8H2,1H3,(H,14,15). The van der Waals surface area contributed by atoms with E-state index in [1.165, 1.54) is 0 Å². The van der Waals surface area contributed by atoms with Crippen molar-refractivity contribution in [3.8, 4) is 11.5 Å². The van der Waals surface area contributed by atoms with E-state index in [0.29, 0.717) is 18.8 Å². The molecule has 5 heteroatoms. The zero-order valence-electron chi connectivity index (χ0n) is 9.60. The van der Waals surface area contributed by atoms with E-state index in [2.05, 4.69) is 15.5 Å². The Kier molecular flexibility index (Phi) is 3.62. The van der Waals surface area contributed by atoms with Gasteiger partial charge in [-0.2, -0.15) is 5.10 Å². The van der Waals surface area contributed by atoms with Gasteiger partial charge in [0.15, 0.2) is 0 Å². The monoisotopic (exact) mass is 233 g/mol. The van der Waals surface area contributed by atoms with Crippen LogP contribution in [0.25, 0.3) is 0 Å². The first-order valence-corrected chi connectivity index (χ1v) is 5.34. The zero-order chi connectivity index (χ0) is 12.1. The van der Waals surface area contributed by atoms with Crippen molar-refractivity contribution in [1.82, 2.24) is 15.5 Å². The molecule has 0 spiro atoms. The average Bonchev–Trinajstić information content (AvgIpc) is 2.84. The number of rotatable bonds is 5. The second-order valence-electron chi connectivity index (χ2n) is 3.68. The van der Waals surface area contributed by atoms with E-state index < -0.39 is 0 Å². The molecule has 0 radical (unpaired) electrons. The number of aromatic amines is 1. The molecule has 1 aromatic heterocycles. The predicted octanol–water partition coefficient (Wildman–Crippen LogP) is 1.41. The third kappa shape index (κ3) is 2.98. The number of hydrogen-bond donors (Lipinski definition) is 3. The molecule has 0 aliphatic rings. The molecule has 0 aliphatic heterocycles. The van der Waals surface area contributed by atoms with Gasteiger partial charge < -0.3 is 15.2 Å². The Morgan fingerprint density at radius 3 is 2.88 bits per heavy atom. The summed E-state index contributed by atoms with van der Waals surface area (Å²) >= 11 is 0. The quantitative estimate of drug-likeness (QED) is 0.730. The minimum Gasteiger partial charge on any atom is -0.507 e. The molecular weight excluding hydrogens is 218 g/mol. The van der Waals surface area contributed by atoms with E-state index >= 15 is 0 Å². The highest BCUT2D eigenvalue weighted by atomic mass is 16.5. The second-order valence-corrected chi connectivity index (χ2v) is 3.68. The first kappa shape index (κ1) is 11.5. The fourth-order valence-corrected chi connectivity index (χ4v) is 1.54. The van der Waals surface area contributed by atoms with Gasteiger partial charge in [0.1, 0.15) is 11.5 Å². The number of aromatic nitrogens is 2. The number of hydrogen-bond acceptors (Lipinski definition) is 4. The van der Waals surface area contributed by atoms with Crippen LogP contribution < -0.4 is 10.1 Å². The predicted molar refractivity (Wildman–Crippen MR) is 63.8 cm³/mol. The Morgan fingerprint density at radius 2 is 2.24 bits per heavy atom. The first-order valence-electron chi connectivity index (χ1n) is 5.34. The Hall–Kier alpha value is -2.01. The van der Waals surface area contributed by atoms with Crippen molar-refractivity contribution < 1.29 is 9.84 Å². The molecule has 0 fully saturated rings. The van der Waals surface area contributed by atoms with Gasteiger partial charge in [0, 0.05) is 36.6 Å². The molecule has 17 heavy (non-hydrogen) atoms. The van der Waals surface area contributed by atoms with E-state index in [4.69, 9.17) is 4.74 Å². The molecule has 0 aliphatic carbocycles. The molecule has 0 atom stereocenters. The number of ether oxygens (including phenoxy) is 1. The lowest BCUT2D eigenvalue weighted by Crippen LogP contribution is -2.13. The molecule has 2 rings (SSSR count). The Morgan fingerprint density at radius 1 is 1.35 bits per heavy atom. The van der Waals surface area contributed by atoms with Crippen LogP contribution in [0, 0.1) is 0 Å². The van der Waals surface area contributed by atoms with E-state index in [-0.39, 0.29) is 5.75 Å². The van der Waals surface area contributed by atoms with E-state index in [1.807, 2.05) is 18.2 Å². The fourth-order valence-electron chi connectivity index (χ4n) is 1.54. The minimum absolute atomic E-state index is 0.237. The maximum Gasteiger partial charge on any atom is 0.123 e. The molecule has 90 valence electrons. The van der Waals surface area contributed by atoms with Gasteiger partial charge in [-0.15, -0.1) is 0 Å². The number of nitrogens with one attached hydrogen (secondary N) is 2. The molecule has 0 saturated heterocycles. The van der Waals surface area contributed by atoms with Gasteiger partial charge in [-0.25, -0.2) is 0 Å². The van der Waals surface area contributed by atoms with Gasteiger partial charge in [0.2, 0.25) is 0 Å². The summed E-state index contributed by atoms with van der Waals surface area (Å²) in [6, 6.07) is 7.18. The number of nitrogens with zero attached hydrogens (tertiary/aromatic N) is 1. The van der Waals surface area contributed by atoms with Crippen LogP contribution in [0.3, 0.4) is 0 Å². The Balaban J connectivity index is 1.90. The van der Waals surface area contributed by atoms with Crippen molar-refractivity contribution in [2.45, 2.75) is 13.1 Å². The molecule has 1 aromatic carbocycles. The smallest absolute Gasteiger partial charge is 0.123 e. The van der Waals surface area contributed by atoms with Gasteiger partial charge in [-0.1, -0.05) is 6.07 Å². The third-order valence-electron chi connectivity index (χ3n) is 2.48. The van der Waals surface area contributed by atoms with E-state index in [0.717, 1.165) is 11.3 Å². The van der Waals surface area contributed by atoms with Crippen molar-refractivity contribution in [3.05, 3.63) is 41.7 Å². The number of methoxy groups -OCH3 is 1. The van der Waals surface area contributed by atoms with E-state index in [1.54, 1.807) is 19.4 Å². The lowest BCUT2D eigenvalue weighted by molar-refractivity contribution is 0.406. The Bertz CT molecular complexity index is 469. The third-order valence-corrected chi connectivity index (χ3v) is 2.48. The van der Waals surface area contributed by atoms with Gasteiger partial charge in [-0.05, 0) is 12.1 Å². The summed E-state index contributed by atoms with van der Waals surface area (Å²) < 4.78 is 5.02. The summed E-state index contributed by atoms with van der Waals surface area (Å²) in [4.78, 5) is 0. The average molecular weight is 233 g/mol. The maximum absolute atomic E-state index is 9.74. The maximum atomic E-state index is 9.74. The van der Waals surface area contributed by atoms with Crippen LogP contribution in [0.2, 0.25) is 0 Å².